The van der Waals surface area contributed by atoms with Crippen molar-refractivity contribution in [3.05, 3.63) is 18.0 Å². The molecule has 0 bridgehead atoms. The Bertz CT molecular complexity index is 544. The van der Waals surface area contributed by atoms with Gasteiger partial charge in [0.25, 0.3) is 0 Å². The summed E-state index contributed by atoms with van der Waals surface area (Å²) in [5.41, 5.74) is 1.29. The van der Waals surface area contributed by atoms with Crippen molar-refractivity contribution in [2.24, 2.45) is 13.0 Å². The summed E-state index contributed by atoms with van der Waals surface area (Å²) in [4.78, 5) is 16.6. The van der Waals surface area contributed by atoms with Gasteiger partial charge >= 0.3 is 5.97 Å². The van der Waals surface area contributed by atoms with E-state index < -0.39 is 0 Å². The first-order valence-corrected chi connectivity index (χ1v) is 8.69. The van der Waals surface area contributed by atoms with Crippen LogP contribution in [0.15, 0.2) is 12.4 Å². The van der Waals surface area contributed by atoms with Gasteiger partial charge in [0, 0.05) is 37.8 Å². The Morgan fingerprint density at radius 1 is 1.43 bits per heavy atom. The Balaban J connectivity index is 1.76. The molecule has 0 spiro atoms. The molecule has 2 aliphatic rings. The maximum absolute atomic E-state index is 11.8. The molecule has 6 heteroatoms. The number of rotatable bonds is 5. The molecule has 0 amide bonds. The summed E-state index contributed by atoms with van der Waals surface area (Å²) in [6.45, 7) is 5.90. The molecule has 2 fully saturated rings. The standard InChI is InChI=1S/C17H28N4O2/c1-4-21-8-5-6-13(16(21)14-10-18-20(3)12-14)11-19(2)15-7-9-23-17(15)22/h10,12-13,15-16H,4-9,11H2,1-3H3/t13-,15?,16+/m0/s1. The lowest BCUT2D eigenvalue weighted by atomic mass is 9.85. The van der Waals surface area contributed by atoms with E-state index in [0.717, 1.165) is 26.1 Å². The third-order valence-electron chi connectivity index (χ3n) is 5.29. The number of likely N-dealkylation sites (tertiary alicyclic amines) is 1. The third kappa shape index (κ3) is 3.43. The summed E-state index contributed by atoms with van der Waals surface area (Å²) in [6, 6.07) is 0.323. The van der Waals surface area contributed by atoms with Crippen molar-refractivity contribution in [3.63, 3.8) is 0 Å². The van der Waals surface area contributed by atoms with Crippen molar-refractivity contribution in [1.29, 1.82) is 0 Å². The molecule has 0 aromatic carbocycles. The highest BCUT2D eigenvalue weighted by Gasteiger charge is 2.36. The van der Waals surface area contributed by atoms with Crippen molar-refractivity contribution in [3.8, 4) is 0 Å². The number of carbonyl (C=O) groups is 1. The lowest BCUT2D eigenvalue weighted by Crippen LogP contribution is -2.45. The number of hydrogen-bond donors (Lipinski definition) is 0. The molecule has 0 aliphatic carbocycles. The summed E-state index contributed by atoms with van der Waals surface area (Å²) >= 11 is 0. The Labute approximate surface area is 138 Å². The molecule has 0 saturated carbocycles. The average Bonchev–Trinajstić information content (AvgIpc) is 3.15. The molecule has 3 heterocycles. The summed E-state index contributed by atoms with van der Waals surface area (Å²) in [7, 11) is 4.03. The highest BCUT2D eigenvalue weighted by Crippen LogP contribution is 2.36. The number of ether oxygens (including phenoxy) is 1. The molecule has 3 atom stereocenters. The van der Waals surface area contributed by atoms with E-state index in [1.54, 1.807) is 0 Å². The lowest BCUT2D eigenvalue weighted by Gasteiger charge is -2.42. The zero-order chi connectivity index (χ0) is 16.4. The number of hydrogen-bond acceptors (Lipinski definition) is 5. The number of cyclic esters (lactones) is 1. The molecule has 6 nitrogen and oxygen atoms in total. The second-order valence-corrected chi connectivity index (χ2v) is 6.83. The number of nitrogens with zero attached hydrogens (tertiary/aromatic N) is 4. The number of aryl methyl sites for hydroxylation is 1. The molecule has 0 N–H and O–H groups in total. The van der Waals surface area contributed by atoms with E-state index in [1.165, 1.54) is 18.4 Å². The predicted octanol–water partition coefficient (Wildman–Crippen LogP) is 1.44. The van der Waals surface area contributed by atoms with Gasteiger partial charge in [-0.15, -0.1) is 0 Å². The van der Waals surface area contributed by atoms with Crippen LogP contribution in [-0.4, -0.2) is 64.9 Å². The van der Waals surface area contributed by atoms with Crippen LogP contribution in [-0.2, 0) is 16.6 Å². The van der Waals surface area contributed by atoms with Crippen LogP contribution < -0.4 is 0 Å². The molecule has 2 saturated heterocycles. The average molecular weight is 320 g/mol. The predicted molar refractivity (Wildman–Crippen MR) is 87.9 cm³/mol. The largest absolute Gasteiger partial charge is 0.464 e. The highest BCUT2D eigenvalue weighted by atomic mass is 16.5. The molecule has 2 aliphatic heterocycles. The van der Waals surface area contributed by atoms with Crippen LogP contribution in [0.2, 0.25) is 0 Å². The summed E-state index contributed by atoms with van der Waals surface area (Å²) < 4.78 is 7.01. The second-order valence-electron chi connectivity index (χ2n) is 6.83. The number of piperidine rings is 1. The van der Waals surface area contributed by atoms with Crippen molar-refractivity contribution >= 4 is 5.97 Å². The van der Waals surface area contributed by atoms with Gasteiger partial charge in [0.05, 0.1) is 12.8 Å². The third-order valence-corrected chi connectivity index (χ3v) is 5.29. The minimum atomic E-state index is -0.0680. The van der Waals surface area contributed by atoms with Crippen LogP contribution in [0.25, 0.3) is 0 Å². The Kier molecular flexibility index (Phi) is 5.02. The number of aromatic nitrogens is 2. The van der Waals surface area contributed by atoms with Crippen LogP contribution in [0.5, 0.6) is 0 Å². The van der Waals surface area contributed by atoms with Crippen LogP contribution in [0.1, 0.15) is 37.8 Å². The Morgan fingerprint density at radius 3 is 2.87 bits per heavy atom. The van der Waals surface area contributed by atoms with Crippen LogP contribution >= 0.6 is 0 Å². The van der Waals surface area contributed by atoms with Gasteiger partial charge in [0.15, 0.2) is 0 Å². The first-order chi connectivity index (χ1) is 11.1. The molecule has 1 aromatic rings. The van der Waals surface area contributed by atoms with E-state index in [2.05, 4.69) is 35.1 Å². The summed E-state index contributed by atoms with van der Waals surface area (Å²) in [6.07, 6.45) is 7.36. The zero-order valence-corrected chi connectivity index (χ0v) is 14.4. The number of carbonyl (C=O) groups excluding carboxylic acids is 1. The normalized spacial score (nSPS) is 29.2. The van der Waals surface area contributed by atoms with E-state index >= 15 is 0 Å². The van der Waals surface area contributed by atoms with Gasteiger partial charge in [0.2, 0.25) is 0 Å². The van der Waals surface area contributed by atoms with Gasteiger partial charge in [0.1, 0.15) is 6.04 Å². The monoisotopic (exact) mass is 320 g/mol. The van der Waals surface area contributed by atoms with Crippen LogP contribution in [0.3, 0.4) is 0 Å². The number of likely N-dealkylation sites (N-methyl/N-ethyl adjacent to an activating group) is 1. The summed E-state index contributed by atoms with van der Waals surface area (Å²) in [5, 5.41) is 4.37. The topological polar surface area (TPSA) is 50.6 Å². The van der Waals surface area contributed by atoms with Gasteiger partial charge in [-0.2, -0.15) is 5.10 Å². The molecular weight excluding hydrogens is 292 g/mol. The smallest absolute Gasteiger partial charge is 0.323 e. The SMILES string of the molecule is CCN1CCC[C@@H](CN(C)C2CCOC2=O)[C@@H]1c1cnn(C)c1. The highest BCUT2D eigenvalue weighted by molar-refractivity contribution is 5.77. The van der Waals surface area contributed by atoms with Crippen molar-refractivity contribution in [2.75, 3.05) is 33.3 Å². The maximum atomic E-state index is 11.8. The van der Waals surface area contributed by atoms with E-state index in [1.807, 2.05) is 17.9 Å². The Hall–Kier alpha value is -1.40. The van der Waals surface area contributed by atoms with E-state index in [0.29, 0.717) is 18.6 Å². The molecule has 3 rings (SSSR count). The van der Waals surface area contributed by atoms with Crippen molar-refractivity contribution < 1.29 is 9.53 Å². The summed E-state index contributed by atoms with van der Waals surface area (Å²) in [5.74, 6) is 0.458. The molecule has 1 aromatic heterocycles. The first kappa shape index (κ1) is 16.5. The quantitative estimate of drug-likeness (QED) is 0.769. The fraction of sp³-hybridized carbons (Fsp3) is 0.765. The first-order valence-electron chi connectivity index (χ1n) is 8.69. The van der Waals surface area contributed by atoms with E-state index in [4.69, 9.17) is 4.74 Å². The van der Waals surface area contributed by atoms with Gasteiger partial charge in [-0.3, -0.25) is 19.3 Å². The minimum absolute atomic E-state index is 0.0615. The molecule has 0 radical (unpaired) electrons. The van der Waals surface area contributed by atoms with Crippen LogP contribution in [0.4, 0.5) is 0 Å². The molecular formula is C17H28N4O2. The number of esters is 1. The fourth-order valence-corrected chi connectivity index (χ4v) is 4.16. The van der Waals surface area contributed by atoms with Gasteiger partial charge in [-0.25, -0.2) is 0 Å². The molecule has 128 valence electrons. The Morgan fingerprint density at radius 2 is 2.26 bits per heavy atom. The maximum Gasteiger partial charge on any atom is 0.323 e. The van der Waals surface area contributed by atoms with Gasteiger partial charge < -0.3 is 4.74 Å². The van der Waals surface area contributed by atoms with Crippen LogP contribution in [0, 0.1) is 5.92 Å². The van der Waals surface area contributed by atoms with Gasteiger partial charge in [-0.1, -0.05) is 6.92 Å². The fourth-order valence-electron chi connectivity index (χ4n) is 4.16. The minimum Gasteiger partial charge on any atom is -0.464 e. The van der Waals surface area contributed by atoms with Crippen molar-refractivity contribution in [2.45, 2.75) is 38.3 Å². The molecule has 1 unspecified atom stereocenters. The molecule has 23 heavy (non-hydrogen) atoms. The zero-order valence-electron chi connectivity index (χ0n) is 14.4. The van der Waals surface area contributed by atoms with Gasteiger partial charge in [-0.05, 0) is 38.9 Å². The second kappa shape index (κ2) is 7.01. The van der Waals surface area contributed by atoms with E-state index in [9.17, 15) is 4.79 Å². The lowest BCUT2D eigenvalue weighted by molar-refractivity contribution is -0.142. The van der Waals surface area contributed by atoms with Crippen molar-refractivity contribution in [1.82, 2.24) is 19.6 Å². The van der Waals surface area contributed by atoms with E-state index in [-0.39, 0.29) is 12.0 Å².